The number of nitrogens with one attached hydrogen (secondary N) is 1. The molecule has 0 amide bonds. The smallest absolute Gasteiger partial charge is 0.0795 e. The van der Waals surface area contributed by atoms with E-state index in [2.05, 4.69) is 27.5 Å². The topological polar surface area (TPSA) is 28.2 Å². The average molecular weight is 239 g/mol. The van der Waals surface area contributed by atoms with E-state index in [-0.39, 0.29) is 0 Å². The van der Waals surface area contributed by atoms with Crippen molar-refractivity contribution < 1.29 is 0 Å². The van der Waals surface area contributed by atoms with Gasteiger partial charge in [-0.05, 0) is 38.4 Å². The molecule has 2 heterocycles. The van der Waals surface area contributed by atoms with Crippen LogP contribution < -0.4 is 5.32 Å². The van der Waals surface area contributed by atoms with E-state index in [1.807, 2.05) is 5.51 Å². The molecule has 1 aromatic rings. The number of thiazole rings is 1. The molecule has 0 bridgehead atoms. The van der Waals surface area contributed by atoms with Gasteiger partial charge in [0.15, 0.2) is 0 Å². The predicted molar refractivity (Wildman–Crippen MR) is 68.7 cm³/mol. The molecular formula is C12H21N3S. The maximum Gasteiger partial charge on any atom is 0.0795 e. The Bertz CT molecular complexity index is 286. The summed E-state index contributed by atoms with van der Waals surface area (Å²) in [7, 11) is 0. The Morgan fingerprint density at radius 2 is 2.56 bits per heavy atom. The van der Waals surface area contributed by atoms with Crippen LogP contribution in [0, 0.1) is 5.92 Å². The minimum absolute atomic E-state index is 0.838. The van der Waals surface area contributed by atoms with Gasteiger partial charge >= 0.3 is 0 Å². The SMILES string of the molecule is CCCN1CCC(CNCc2cscn2)C1. The molecule has 0 aromatic carbocycles. The molecule has 1 fully saturated rings. The van der Waals surface area contributed by atoms with Crippen molar-refractivity contribution in [2.45, 2.75) is 26.3 Å². The minimum Gasteiger partial charge on any atom is -0.311 e. The lowest BCUT2D eigenvalue weighted by molar-refractivity contribution is 0.322. The van der Waals surface area contributed by atoms with Crippen molar-refractivity contribution in [2.24, 2.45) is 5.92 Å². The summed E-state index contributed by atoms with van der Waals surface area (Å²) < 4.78 is 0. The van der Waals surface area contributed by atoms with Crippen LogP contribution >= 0.6 is 11.3 Å². The van der Waals surface area contributed by atoms with E-state index in [1.165, 1.54) is 38.2 Å². The lowest BCUT2D eigenvalue weighted by atomic mass is 10.1. The normalized spacial score (nSPS) is 21.7. The van der Waals surface area contributed by atoms with Crippen LogP contribution in [-0.2, 0) is 6.54 Å². The average Bonchev–Trinajstić information content (AvgIpc) is 2.90. The molecule has 1 atom stereocenters. The molecular weight excluding hydrogens is 218 g/mol. The molecule has 2 rings (SSSR count). The van der Waals surface area contributed by atoms with Gasteiger partial charge < -0.3 is 10.2 Å². The molecule has 1 aliphatic rings. The summed E-state index contributed by atoms with van der Waals surface area (Å²) in [5.41, 5.74) is 3.07. The number of rotatable bonds is 6. The van der Waals surface area contributed by atoms with E-state index >= 15 is 0 Å². The van der Waals surface area contributed by atoms with Crippen LogP contribution in [0.25, 0.3) is 0 Å². The van der Waals surface area contributed by atoms with E-state index in [4.69, 9.17) is 0 Å². The van der Waals surface area contributed by atoms with Crippen LogP contribution in [0.2, 0.25) is 0 Å². The quantitative estimate of drug-likeness (QED) is 0.822. The van der Waals surface area contributed by atoms with Gasteiger partial charge in [-0.15, -0.1) is 11.3 Å². The first-order valence-electron chi connectivity index (χ1n) is 6.18. The molecule has 3 nitrogen and oxygen atoms in total. The molecule has 4 heteroatoms. The van der Waals surface area contributed by atoms with Crippen molar-refractivity contribution >= 4 is 11.3 Å². The van der Waals surface area contributed by atoms with Crippen molar-refractivity contribution in [1.29, 1.82) is 0 Å². The van der Waals surface area contributed by atoms with Crippen LogP contribution in [0.15, 0.2) is 10.9 Å². The van der Waals surface area contributed by atoms with Crippen molar-refractivity contribution in [3.63, 3.8) is 0 Å². The molecule has 1 unspecified atom stereocenters. The number of aromatic nitrogens is 1. The maximum absolute atomic E-state index is 4.27. The zero-order chi connectivity index (χ0) is 11.2. The van der Waals surface area contributed by atoms with Gasteiger partial charge in [0.05, 0.1) is 11.2 Å². The highest BCUT2D eigenvalue weighted by Gasteiger charge is 2.20. The van der Waals surface area contributed by atoms with Gasteiger partial charge in [-0.2, -0.15) is 0 Å². The summed E-state index contributed by atoms with van der Waals surface area (Å²) >= 11 is 1.67. The Labute approximate surface area is 102 Å². The molecule has 16 heavy (non-hydrogen) atoms. The lowest BCUT2D eigenvalue weighted by Gasteiger charge is -2.14. The van der Waals surface area contributed by atoms with E-state index < -0.39 is 0 Å². The molecule has 1 N–H and O–H groups in total. The van der Waals surface area contributed by atoms with Gasteiger partial charge in [0.25, 0.3) is 0 Å². The molecule has 1 aliphatic heterocycles. The van der Waals surface area contributed by atoms with Crippen LogP contribution in [0.4, 0.5) is 0 Å². The molecule has 0 spiro atoms. The summed E-state index contributed by atoms with van der Waals surface area (Å²) in [5.74, 6) is 0.838. The maximum atomic E-state index is 4.27. The fourth-order valence-electron chi connectivity index (χ4n) is 2.33. The van der Waals surface area contributed by atoms with Crippen LogP contribution in [0.3, 0.4) is 0 Å². The van der Waals surface area contributed by atoms with E-state index in [0.29, 0.717) is 0 Å². The third-order valence-electron chi connectivity index (χ3n) is 3.13. The van der Waals surface area contributed by atoms with Gasteiger partial charge in [0.1, 0.15) is 0 Å². The molecule has 0 aliphatic carbocycles. The first-order valence-corrected chi connectivity index (χ1v) is 7.13. The third-order valence-corrected chi connectivity index (χ3v) is 3.77. The Kier molecular flexibility index (Phi) is 4.75. The Balaban J connectivity index is 1.60. The lowest BCUT2D eigenvalue weighted by Crippen LogP contribution is -2.26. The zero-order valence-electron chi connectivity index (χ0n) is 9.98. The fourth-order valence-corrected chi connectivity index (χ4v) is 2.89. The monoisotopic (exact) mass is 239 g/mol. The summed E-state index contributed by atoms with van der Waals surface area (Å²) in [6, 6.07) is 0. The summed E-state index contributed by atoms with van der Waals surface area (Å²) in [6.07, 6.45) is 2.63. The number of nitrogens with zero attached hydrogens (tertiary/aromatic N) is 2. The largest absolute Gasteiger partial charge is 0.311 e. The van der Waals surface area contributed by atoms with Crippen molar-refractivity contribution in [3.05, 3.63) is 16.6 Å². The van der Waals surface area contributed by atoms with Crippen LogP contribution in [0.1, 0.15) is 25.5 Å². The Morgan fingerprint density at radius 3 is 3.31 bits per heavy atom. The molecule has 0 saturated carbocycles. The summed E-state index contributed by atoms with van der Waals surface area (Å²) in [4.78, 5) is 6.85. The van der Waals surface area contributed by atoms with Crippen molar-refractivity contribution in [2.75, 3.05) is 26.2 Å². The third kappa shape index (κ3) is 3.54. The standard InChI is InChI=1S/C12H21N3S/c1-2-4-15-5-3-11(8-15)6-13-7-12-9-16-10-14-12/h9-11,13H,2-8H2,1H3. The molecule has 90 valence electrons. The second kappa shape index (κ2) is 6.33. The first kappa shape index (κ1) is 12.0. The Hall–Kier alpha value is -0.450. The summed E-state index contributed by atoms with van der Waals surface area (Å²) in [6.45, 7) is 8.15. The Morgan fingerprint density at radius 1 is 1.62 bits per heavy atom. The minimum atomic E-state index is 0.838. The molecule has 1 aromatic heterocycles. The van der Waals surface area contributed by atoms with E-state index in [0.717, 1.165) is 19.0 Å². The van der Waals surface area contributed by atoms with Gasteiger partial charge in [-0.1, -0.05) is 6.92 Å². The van der Waals surface area contributed by atoms with Crippen LogP contribution in [-0.4, -0.2) is 36.1 Å². The van der Waals surface area contributed by atoms with Gasteiger partial charge in [-0.3, -0.25) is 0 Å². The highest BCUT2D eigenvalue weighted by Crippen LogP contribution is 2.15. The van der Waals surface area contributed by atoms with Crippen molar-refractivity contribution in [1.82, 2.24) is 15.2 Å². The van der Waals surface area contributed by atoms with Gasteiger partial charge in [0.2, 0.25) is 0 Å². The predicted octanol–water partition coefficient (Wildman–Crippen LogP) is 1.96. The summed E-state index contributed by atoms with van der Waals surface area (Å²) in [5, 5.41) is 5.63. The second-order valence-electron chi connectivity index (χ2n) is 4.57. The second-order valence-corrected chi connectivity index (χ2v) is 5.28. The van der Waals surface area contributed by atoms with Gasteiger partial charge in [-0.25, -0.2) is 4.98 Å². The number of hydrogen-bond donors (Lipinski definition) is 1. The van der Waals surface area contributed by atoms with E-state index in [1.54, 1.807) is 11.3 Å². The van der Waals surface area contributed by atoms with Gasteiger partial charge in [0, 0.05) is 18.5 Å². The van der Waals surface area contributed by atoms with Crippen molar-refractivity contribution in [3.8, 4) is 0 Å². The zero-order valence-corrected chi connectivity index (χ0v) is 10.8. The highest BCUT2D eigenvalue weighted by molar-refractivity contribution is 7.07. The first-order chi connectivity index (χ1) is 7.88. The molecule has 0 radical (unpaired) electrons. The van der Waals surface area contributed by atoms with E-state index in [9.17, 15) is 0 Å². The molecule has 1 saturated heterocycles. The fraction of sp³-hybridized carbons (Fsp3) is 0.750. The number of likely N-dealkylation sites (tertiary alicyclic amines) is 1. The number of hydrogen-bond acceptors (Lipinski definition) is 4. The highest BCUT2D eigenvalue weighted by atomic mass is 32.1. The van der Waals surface area contributed by atoms with Crippen LogP contribution in [0.5, 0.6) is 0 Å².